The molecule has 0 saturated heterocycles. The molecule has 1 atom stereocenters. The van der Waals surface area contributed by atoms with E-state index < -0.39 is 9.84 Å². The average Bonchev–Trinajstić information content (AvgIpc) is 2.39. The summed E-state index contributed by atoms with van der Waals surface area (Å²) in [7, 11) is -3.15. The summed E-state index contributed by atoms with van der Waals surface area (Å²) in [6, 6.07) is 8.53. The Morgan fingerprint density at radius 2 is 1.68 bits per heavy atom. The predicted octanol–water partition coefficient (Wildman–Crippen LogP) is 2.05. The van der Waals surface area contributed by atoms with E-state index in [1.54, 1.807) is 42.7 Å². The quantitative estimate of drug-likeness (QED) is 0.926. The van der Waals surface area contributed by atoms with Gasteiger partial charge in [0.1, 0.15) is 0 Å². The normalized spacial score (nSPS) is 12.9. The lowest BCUT2D eigenvalue weighted by Crippen LogP contribution is -2.09. The first kappa shape index (κ1) is 13.5. The Bertz CT molecular complexity index is 639. The lowest BCUT2D eigenvalue weighted by atomic mass is 10.1. The van der Waals surface area contributed by atoms with Crippen LogP contribution in [-0.4, -0.2) is 24.6 Å². The Balaban J connectivity index is 2.14. The highest BCUT2D eigenvalue weighted by atomic mass is 32.2. The maximum absolute atomic E-state index is 11.4. The highest BCUT2D eigenvalue weighted by Crippen LogP contribution is 2.18. The largest absolute Gasteiger partial charge is 0.348 e. The molecule has 1 unspecified atom stereocenters. The van der Waals surface area contributed by atoms with E-state index in [0.717, 1.165) is 5.56 Å². The van der Waals surface area contributed by atoms with Crippen LogP contribution in [0.4, 0.5) is 5.95 Å². The molecule has 2 rings (SSSR count). The molecule has 19 heavy (non-hydrogen) atoms. The minimum Gasteiger partial charge on any atom is -0.348 e. The number of nitrogens with one attached hydrogen (secondary N) is 1. The predicted molar refractivity (Wildman–Crippen MR) is 73.6 cm³/mol. The Morgan fingerprint density at radius 1 is 1.11 bits per heavy atom. The van der Waals surface area contributed by atoms with Gasteiger partial charge in [0.2, 0.25) is 5.95 Å². The molecule has 0 amide bonds. The molecule has 1 N–H and O–H groups in total. The molecular weight excluding hydrogens is 262 g/mol. The minimum absolute atomic E-state index is 0.00369. The summed E-state index contributed by atoms with van der Waals surface area (Å²) in [4.78, 5) is 8.48. The van der Waals surface area contributed by atoms with E-state index in [0.29, 0.717) is 10.8 Å². The lowest BCUT2D eigenvalue weighted by molar-refractivity contribution is 0.602. The highest BCUT2D eigenvalue weighted by molar-refractivity contribution is 7.90. The third-order valence-corrected chi connectivity index (χ3v) is 3.85. The Labute approximate surface area is 112 Å². The second kappa shape index (κ2) is 5.36. The Hall–Kier alpha value is -1.95. The summed E-state index contributed by atoms with van der Waals surface area (Å²) in [6.45, 7) is 1.96. The van der Waals surface area contributed by atoms with E-state index in [1.807, 2.05) is 6.92 Å². The second-order valence-electron chi connectivity index (χ2n) is 4.28. The first-order valence-electron chi connectivity index (χ1n) is 5.80. The van der Waals surface area contributed by atoms with Gasteiger partial charge in [0.15, 0.2) is 9.84 Å². The first-order chi connectivity index (χ1) is 8.97. The zero-order valence-electron chi connectivity index (χ0n) is 10.7. The standard InChI is InChI=1S/C13H15N3O2S/c1-10(16-13-14-8-3-9-15-13)11-4-6-12(7-5-11)19(2,17)18/h3-10H,1-2H3,(H,14,15,16). The molecular formula is C13H15N3O2S. The van der Waals surface area contributed by atoms with Crippen LogP contribution in [0.15, 0.2) is 47.6 Å². The maximum Gasteiger partial charge on any atom is 0.223 e. The number of hydrogen-bond donors (Lipinski definition) is 1. The van der Waals surface area contributed by atoms with Crippen LogP contribution in [0, 0.1) is 0 Å². The minimum atomic E-state index is -3.15. The average molecular weight is 277 g/mol. The van der Waals surface area contributed by atoms with Gasteiger partial charge in [0.25, 0.3) is 0 Å². The second-order valence-corrected chi connectivity index (χ2v) is 6.30. The number of rotatable bonds is 4. The first-order valence-corrected chi connectivity index (χ1v) is 7.69. The van der Waals surface area contributed by atoms with E-state index in [4.69, 9.17) is 0 Å². The molecule has 0 aliphatic carbocycles. The van der Waals surface area contributed by atoms with Gasteiger partial charge in [-0.2, -0.15) is 0 Å². The third kappa shape index (κ3) is 3.51. The van der Waals surface area contributed by atoms with Crippen molar-refractivity contribution in [3.63, 3.8) is 0 Å². The van der Waals surface area contributed by atoms with Gasteiger partial charge >= 0.3 is 0 Å². The number of hydrogen-bond acceptors (Lipinski definition) is 5. The van der Waals surface area contributed by atoms with Crippen LogP contribution in [0.25, 0.3) is 0 Å². The van der Waals surface area contributed by atoms with Crippen molar-refractivity contribution in [1.82, 2.24) is 9.97 Å². The number of nitrogens with zero attached hydrogens (tertiary/aromatic N) is 2. The molecule has 0 spiro atoms. The smallest absolute Gasteiger partial charge is 0.223 e. The fourth-order valence-electron chi connectivity index (χ4n) is 1.65. The molecule has 0 aliphatic heterocycles. The summed E-state index contributed by atoms with van der Waals surface area (Å²) >= 11 is 0. The zero-order chi connectivity index (χ0) is 13.9. The summed E-state index contributed by atoms with van der Waals surface area (Å²) < 4.78 is 22.7. The highest BCUT2D eigenvalue weighted by Gasteiger charge is 2.10. The van der Waals surface area contributed by atoms with E-state index in [2.05, 4.69) is 15.3 Å². The van der Waals surface area contributed by atoms with Crippen molar-refractivity contribution in [2.24, 2.45) is 0 Å². The van der Waals surface area contributed by atoms with E-state index in [9.17, 15) is 8.42 Å². The van der Waals surface area contributed by atoms with Crippen molar-refractivity contribution in [1.29, 1.82) is 0 Å². The van der Waals surface area contributed by atoms with Gasteiger partial charge in [-0.3, -0.25) is 0 Å². The molecule has 1 aromatic carbocycles. The van der Waals surface area contributed by atoms with E-state index in [-0.39, 0.29) is 6.04 Å². The number of sulfone groups is 1. The Morgan fingerprint density at radius 3 is 2.21 bits per heavy atom. The van der Waals surface area contributed by atoms with Gasteiger partial charge in [0.05, 0.1) is 10.9 Å². The monoisotopic (exact) mass is 277 g/mol. The van der Waals surface area contributed by atoms with Crippen LogP contribution < -0.4 is 5.32 Å². The number of anilines is 1. The van der Waals surface area contributed by atoms with Crippen LogP contribution in [0.2, 0.25) is 0 Å². The topological polar surface area (TPSA) is 72.0 Å². The number of benzene rings is 1. The van der Waals surface area contributed by atoms with Crippen LogP contribution in [0.5, 0.6) is 0 Å². The van der Waals surface area contributed by atoms with Crippen LogP contribution >= 0.6 is 0 Å². The van der Waals surface area contributed by atoms with Crippen molar-refractivity contribution in [2.45, 2.75) is 17.9 Å². The maximum atomic E-state index is 11.4. The molecule has 1 aromatic heterocycles. The van der Waals surface area contributed by atoms with Crippen molar-refractivity contribution in [3.8, 4) is 0 Å². The Kier molecular flexibility index (Phi) is 3.80. The zero-order valence-corrected chi connectivity index (χ0v) is 11.6. The third-order valence-electron chi connectivity index (χ3n) is 2.72. The molecule has 0 fully saturated rings. The summed E-state index contributed by atoms with van der Waals surface area (Å²) in [5, 5.41) is 3.14. The molecule has 1 heterocycles. The lowest BCUT2D eigenvalue weighted by Gasteiger charge is -2.14. The van der Waals surface area contributed by atoms with Gasteiger partial charge < -0.3 is 5.32 Å². The van der Waals surface area contributed by atoms with Gasteiger partial charge in [0, 0.05) is 18.6 Å². The van der Waals surface area contributed by atoms with E-state index in [1.165, 1.54) is 6.26 Å². The number of aromatic nitrogens is 2. The molecule has 5 nitrogen and oxygen atoms in total. The summed E-state index contributed by atoms with van der Waals surface area (Å²) in [6.07, 6.45) is 4.52. The van der Waals surface area contributed by atoms with Crippen LogP contribution in [0.1, 0.15) is 18.5 Å². The van der Waals surface area contributed by atoms with Crippen molar-refractivity contribution in [3.05, 3.63) is 48.3 Å². The summed E-state index contributed by atoms with van der Waals surface area (Å²) in [5.74, 6) is 0.544. The van der Waals surface area contributed by atoms with Gasteiger partial charge in [-0.1, -0.05) is 12.1 Å². The van der Waals surface area contributed by atoms with Gasteiger partial charge in [-0.15, -0.1) is 0 Å². The van der Waals surface area contributed by atoms with E-state index >= 15 is 0 Å². The molecule has 0 radical (unpaired) electrons. The molecule has 0 bridgehead atoms. The molecule has 0 aliphatic rings. The van der Waals surface area contributed by atoms with Crippen LogP contribution in [0.3, 0.4) is 0 Å². The summed E-state index contributed by atoms with van der Waals surface area (Å²) in [5.41, 5.74) is 0.972. The van der Waals surface area contributed by atoms with Crippen molar-refractivity contribution < 1.29 is 8.42 Å². The van der Waals surface area contributed by atoms with Gasteiger partial charge in [-0.05, 0) is 30.7 Å². The fourth-order valence-corrected chi connectivity index (χ4v) is 2.28. The van der Waals surface area contributed by atoms with Gasteiger partial charge in [-0.25, -0.2) is 18.4 Å². The molecule has 0 saturated carbocycles. The molecule has 6 heteroatoms. The van der Waals surface area contributed by atoms with Crippen molar-refractivity contribution >= 4 is 15.8 Å². The van der Waals surface area contributed by atoms with Crippen LogP contribution in [-0.2, 0) is 9.84 Å². The molecule has 2 aromatic rings. The molecule has 100 valence electrons. The SMILES string of the molecule is CC(Nc1ncccn1)c1ccc(S(C)(=O)=O)cc1. The fraction of sp³-hybridized carbons (Fsp3) is 0.231. The van der Waals surface area contributed by atoms with Crippen molar-refractivity contribution in [2.75, 3.05) is 11.6 Å².